The summed E-state index contributed by atoms with van der Waals surface area (Å²) in [5, 5.41) is 6.19. The van der Waals surface area contributed by atoms with Crippen molar-refractivity contribution >= 4 is 40.0 Å². The number of nitrogens with zero attached hydrogens (tertiary/aromatic N) is 1. The largest absolute Gasteiger partial charge is 0.377 e. The molecule has 0 aromatic heterocycles. The van der Waals surface area contributed by atoms with Gasteiger partial charge in [0.25, 0.3) is 0 Å². The molecule has 0 aliphatic carbocycles. The van der Waals surface area contributed by atoms with Gasteiger partial charge in [-0.2, -0.15) is 0 Å². The molecule has 1 fully saturated rings. The highest BCUT2D eigenvalue weighted by molar-refractivity contribution is 14.0. The summed E-state index contributed by atoms with van der Waals surface area (Å²) in [4.78, 5) is 4.07. The third-order valence-electron chi connectivity index (χ3n) is 3.19. The Balaban J connectivity index is 0.00000484. The number of hydrogen-bond donors (Lipinski definition) is 3. The van der Waals surface area contributed by atoms with E-state index in [0.717, 1.165) is 25.9 Å². The summed E-state index contributed by atoms with van der Waals surface area (Å²) < 4.78 is 32.1. The fourth-order valence-electron chi connectivity index (χ4n) is 2.10. The lowest BCUT2D eigenvalue weighted by Crippen LogP contribution is -2.49. The van der Waals surface area contributed by atoms with E-state index in [4.69, 9.17) is 4.74 Å². The number of sulfonamides is 1. The monoisotopic (exact) mass is 462 g/mol. The van der Waals surface area contributed by atoms with Crippen LogP contribution >= 0.6 is 24.0 Å². The smallest absolute Gasteiger partial charge is 0.213 e. The molecule has 0 aromatic carbocycles. The van der Waals surface area contributed by atoms with Crippen LogP contribution in [-0.4, -0.2) is 58.5 Å². The average Bonchev–Trinajstić information content (AvgIpc) is 2.44. The molecule has 1 unspecified atom stereocenters. The first-order chi connectivity index (χ1) is 10.2. The summed E-state index contributed by atoms with van der Waals surface area (Å²) in [5.41, 5.74) is -0.128. The molecular formula is C14H31IN4O3S. The maximum absolute atomic E-state index is 12.0. The lowest BCUT2D eigenvalue weighted by Gasteiger charge is -2.24. The Bertz CT molecular complexity index is 457. The first-order valence-corrected chi connectivity index (χ1v) is 9.45. The zero-order chi connectivity index (χ0) is 16.6. The van der Waals surface area contributed by atoms with Crippen molar-refractivity contribution < 1.29 is 13.2 Å². The molecule has 1 saturated heterocycles. The highest BCUT2D eigenvalue weighted by atomic mass is 127. The van der Waals surface area contributed by atoms with Crippen molar-refractivity contribution in [3.63, 3.8) is 0 Å². The molecule has 1 heterocycles. The minimum Gasteiger partial charge on any atom is -0.377 e. The molecule has 3 N–H and O–H groups in total. The SMILES string of the molecule is CN=C(NCCS(=O)(=O)NCC1CCCCO1)NC(C)(C)C.I. The van der Waals surface area contributed by atoms with Crippen LogP contribution in [0, 0.1) is 0 Å². The molecule has 0 saturated carbocycles. The highest BCUT2D eigenvalue weighted by Crippen LogP contribution is 2.11. The molecule has 138 valence electrons. The van der Waals surface area contributed by atoms with Crippen molar-refractivity contribution in [2.75, 3.05) is 32.5 Å². The average molecular weight is 462 g/mol. The molecule has 1 aliphatic rings. The topological polar surface area (TPSA) is 91.8 Å². The summed E-state index contributed by atoms with van der Waals surface area (Å²) >= 11 is 0. The Morgan fingerprint density at radius 3 is 2.52 bits per heavy atom. The third kappa shape index (κ3) is 11.1. The summed E-state index contributed by atoms with van der Waals surface area (Å²) in [6.45, 7) is 7.43. The van der Waals surface area contributed by atoms with E-state index in [2.05, 4.69) is 20.3 Å². The van der Waals surface area contributed by atoms with E-state index in [1.165, 1.54) is 0 Å². The molecular weight excluding hydrogens is 431 g/mol. The normalized spacial score (nSPS) is 19.8. The number of guanidine groups is 1. The first kappa shape index (κ1) is 22.9. The Labute approximate surface area is 157 Å². The Kier molecular flexibility index (Phi) is 10.6. The summed E-state index contributed by atoms with van der Waals surface area (Å²) in [6.07, 6.45) is 3.09. The van der Waals surface area contributed by atoms with Gasteiger partial charge in [0.2, 0.25) is 10.0 Å². The molecule has 0 amide bonds. The van der Waals surface area contributed by atoms with Crippen LogP contribution in [0.4, 0.5) is 0 Å². The third-order valence-corrected chi connectivity index (χ3v) is 4.53. The fraction of sp³-hybridized carbons (Fsp3) is 0.929. The number of hydrogen-bond acceptors (Lipinski definition) is 4. The summed E-state index contributed by atoms with van der Waals surface area (Å²) in [6, 6.07) is 0. The van der Waals surface area contributed by atoms with Crippen LogP contribution in [0.3, 0.4) is 0 Å². The zero-order valence-electron chi connectivity index (χ0n) is 14.5. The minimum atomic E-state index is -3.30. The predicted molar refractivity (Wildman–Crippen MR) is 105 cm³/mol. The number of aliphatic imine (C=N–C) groups is 1. The molecule has 0 bridgehead atoms. The van der Waals surface area contributed by atoms with Gasteiger partial charge in [-0.25, -0.2) is 13.1 Å². The standard InChI is InChI=1S/C14H30N4O3S.HI/c1-14(2,3)18-13(15-4)16-8-10-22(19,20)17-11-12-7-5-6-9-21-12;/h12,17H,5-11H2,1-4H3,(H2,15,16,18);1H. The van der Waals surface area contributed by atoms with Crippen LogP contribution in [0.25, 0.3) is 0 Å². The number of rotatable bonds is 6. The van der Waals surface area contributed by atoms with Crippen LogP contribution in [0.2, 0.25) is 0 Å². The van der Waals surface area contributed by atoms with Gasteiger partial charge < -0.3 is 15.4 Å². The lowest BCUT2D eigenvalue weighted by atomic mass is 10.1. The van der Waals surface area contributed by atoms with E-state index in [0.29, 0.717) is 19.0 Å². The van der Waals surface area contributed by atoms with Crippen molar-refractivity contribution in [2.45, 2.75) is 51.7 Å². The zero-order valence-corrected chi connectivity index (χ0v) is 17.7. The van der Waals surface area contributed by atoms with Gasteiger partial charge in [-0.3, -0.25) is 4.99 Å². The fourth-order valence-corrected chi connectivity index (χ4v) is 3.05. The van der Waals surface area contributed by atoms with E-state index in [9.17, 15) is 8.42 Å². The van der Waals surface area contributed by atoms with Gasteiger partial charge in [0.15, 0.2) is 5.96 Å². The quantitative estimate of drug-likeness (QED) is 0.312. The number of halogens is 1. The molecule has 0 spiro atoms. The van der Waals surface area contributed by atoms with Gasteiger partial charge in [0.1, 0.15) is 0 Å². The highest BCUT2D eigenvalue weighted by Gasteiger charge is 2.18. The van der Waals surface area contributed by atoms with Crippen molar-refractivity contribution in [2.24, 2.45) is 4.99 Å². The first-order valence-electron chi connectivity index (χ1n) is 7.79. The molecule has 0 aromatic rings. The molecule has 1 atom stereocenters. The summed E-state index contributed by atoms with van der Waals surface area (Å²) in [5.74, 6) is 0.600. The van der Waals surface area contributed by atoms with Crippen LogP contribution in [0.1, 0.15) is 40.0 Å². The van der Waals surface area contributed by atoms with E-state index in [-0.39, 0.29) is 41.4 Å². The van der Waals surface area contributed by atoms with Crippen LogP contribution in [0.5, 0.6) is 0 Å². The second-order valence-electron chi connectivity index (χ2n) is 6.53. The van der Waals surface area contributed by atoms with Gasteiger partial charge in [-0.05, 0) is 40.0 Å². The van der Waals surface area contributed by atoms with Gasteiger partial charge in [0, 0.05) is 32.3 Å². The minimum absolute atomic E-state index is 0. The lowest BCUT2D eigenvalue weighted by molar-refractivity contribution is 0.0200. The van der Waals surface area contributed by atoms with Crippen LogP contribution in [0.15, 0.2) is 4.99 Å². The second-order valence-corrected chi connectivity index (χ2v) is 8.46. The predicted octanol–water partition coefficient (Wildman–Crippen LogP) is 1.06. The van der Waals surface area contributed by atoms with Crippen molar-refractivity contribution in [1.82, 2.24) is 15.4 Å². The number of nitrogens with one attached hydrogen (secondary N) is 3. The summed E-state index contributed by atoms with van der Waals surface area (Å²) in [7, 11) is -1.64. The molecule has 1 rings (SSSR count). The maximum atomic E-state index is 12.0. The van der Waals surface area contributed by atoms with Gasteiger partial charge in [0.05, 0.1) is 11.9 Å². The van der Waals surface area contributed by atoms with Gasteiger partial charge in [-0.15, -0.1) is 24.0 Å². The van der Waals surface area contributed by atoms with E-state index < -0.39 is 10.0 Å². The van der Waals surface area contributed by atoms with Gasteiger partial charge in [-0.1, -0.05) is 0 Å². The van der Waals surface area contributed by atoms with Crippen LogP contribution in [-0.2, 0) is 14.8 Å². The Morgan fingerprint density at radius 1 is 1.30 bits per heavy atom. The van der Waals surface area contributed by atoms with Crippen molar-refractivity contribution in [3.05, 3.63) is 0 Å². The second kappa shape index (κ2) is 10.7. The van der Waals surface area contributed by atoms with E-state index >= 15 is 0 Å². The Hall–Kier alpha value is -0.130. The molecule has 1 aliphatic heterocycles. The number of ether oxygens (including phenoxy) is 1. The molecule has 0 radical (unpaired) electrons. The van der Waals surface area contributed by atoms with Crippen molar-refractivity contribution in [3.8, 4) is 0 Å². The van der Waals surface area contributed by atoms with Gasteiger partial charge >= 0.3 is 0 Å². The molecule has 7 nitrogen and oxygen atoms in total. The molecule has 9 heteroatoms. The maximum Gasteiger partial charge on any atom is 0.213 e. The van der Waals surface area contributed by atoms with Crippen LogP contribution < -0.4 is 15.4 Å². The Morgan fingerprint density at radius 2 is 2.00 bits per heavy atom. The van der Waals surface area contributed by atoms with Crippen molar-refractivity contribution in [1.29, 1.82) is 0 Å². The van der Waals surface area contributed by atoms with E-state index in [1.54, 1.807) is 7.05 Å². The van der Waals surface area contributed by atoms with E-state index in [1.807, 2.05) is 20.8 Å². The molecule has 23 heavy (non-hydrogen) atoms.